The van der Waals surface area contributed by atoms with Gasteiger partial charge in [0.1, 0.15) is 5.82 Å². The molecule has 0 radical (unpaired) electrons. The summed E-state index contributed by atoms with van der Waals surface area (Å²) in [5, 5.41) is 5.32. The maximum absolute atomic E-state index is 14.1. The van der Waals surface area contributed by atoms with Crippen LogP contribution in [0.15, 0.2) is 41.3 Å². The molecule has 0 bridgehead atoms. The summed E-state index contributed by atoms with van der Waals surface area (Å²) in [7, 11) is -3.85. The van der Waals surface area contributed by atoms with Gasteiger partial charge in [0.05, 0.1) is 4.90 Å². The van der Waals surface area contributed by atoms with Crippen molar-refractivity contribution in [3.63, 3.8) is 0 Å². The van der Waals surface area contributed by atoms with Crippen molar-refractivity contribution in [1.29, 1.82) is 0 Å². The number of benzene rings is 2. The fourth-order valence-electron chi connectivity index (χ4n) is 1.74. The minimum Gasteiger partial charge on any atom is -0.225 e. The highest BCUT2D eigenvalue weighted by molar-refractivity contribution is 7.89. The fraction of sp³-hybridized carbons (Fsp3) is 0.0769. The third-order valence-corrected chi connectivity index (χ3v) is 3.99. The summed E-state index contributed by atoms with van der Waals surface area (Å²) in [6.45, 7) is 1.62. The minimum absolute atomic E-state index is 0.104. The Balaban J connectivity index is 2.72. The Labute approximate surface area is 115 Å². The first-order chi connectivity index (χ1) is 8.80. The monoisotopic (exact) mass is 299 g/mol. The van der Waals surface area contributed by atoms with Gasteiger partial charge in [-0.2, -0.15) is 0 Å². The predicted molar refractivity (Wildman–Crippen MR) is 73.0 cm³/mol. The first-order valence-corrected chi connectivity index (χ1v) is 7.31. The van der Waals surface area contributed by atoms with Crippen LogP contribution in [-0.4, -0.2) is 8.42 Å². The molecule has 0 aliphatic rings. The summed E-state index contributed by atoms with van der Waals surface area (Å²) in [6, 6.07) is 8.78. The van der Waals surface area contributed by atoms with Gasteiger partial charge in [-0.1, -0.05) is 29.8 Å². The Morgan fingerprint density at radius 3 is 2.47 bits per heavy atom. The summed E-state index contributed by atoms with van der Waals surface area (Å²) < 4.78 is 36.7. The van der Waals surface area contributed by atoms with Gasteiger partial charge in [-0.15, -0.1) is 0 Å². The van der Waals surface area contributed by atoms with Gasteiger partial charge in [-0.3, -0.25) is 0 Å². The zero-order valence-corrected chi connectivity index (χ0v) is 11.6. The van der Waals surface area contributed by atoms with Crippen molar-refractivity contribution in [2.24, 2.45) is 5.14 Å². The molecule has 0 amide bonds. The number of sulfonamides is 1. The summed E-state index contributed by atoms with van der Waals surface area (Å²) in [5.41, 5.74) is 1.000. The van der Waals surface area contributed by atoms with Crippen LogP contribution in [0.25, 0.3) is 11.1 Å². The SMILES string of the molecule is Cc1cccc(-c2cc(S(N)(=O)=O)ccc2Cl)c1F. The summed E-state index contributed by atoms with van der Waals surface area (Å²) >= 11 is 6.00. The Morgan fingerprint density at radius 1 is 1.16 bits per heavy atom. The van der Waals surface area contributed by atoms with E-state index in [-0.39, 0.29) is 15.5 Å². The molecule has 19 heavy (non-hydrogen) atoms. The molecule has 100 valence electrons. The second-order valence-electron chi connectivity index (χ2n) is 4.12. The molecule has 0 fully saturated rings. The van der Waals surface area contributed by atoms with Crippen molar-refractivity contribution in [3.05, 3.63) is 52.8 Å². The number of hydrogen-bond donors (Lipinski definition) is 1. The molecule has 0 aliphatic heterocycles. The van der Waals surface area contributed by atoms with E-state index < -0.39 is 15.8 Å². The van der Waals surface area contributed by atoms with Gasteiger partial charge in [-0.05, 0) is 30.7 Å². The number of rotatable bonds is 2. The molecule has 0 saturated carbocycles. The van der Waals surface area contributed by atoms with Crippen molar-refractivity contribution in [2.45, 2.75) is 11.8 Å². The smallest absolute Gasteiger partial charge is 0.225 e. The Bertz CT molecular complexity index is 744. The van der Waals surface area contributed by atoms with E-state index in [0.717, 1.165) is 0 Å². The molecule has 2 rings (SSSR count). The van der Waals surface area contributed by atoms with Crippen LogP contribution in [0, 0.1) is 12.7 Å². The van der Waals surface area contributed by atoms with Gasteiger partial charge in [0.25, 0.3) is 0 Å². The van der Waals surface area contributed by atoms with Gasteiger partial charge in [-0.25, -0.2) is 17.9 Å². The summed E-state index contributed by atoms with van der Waals surface area (Å²) in [4.78, 5) is -0.104. The molecule has 2 aromatic carbocycles. The van der Waals surface area contributed by atoms with E-state index in [1.165, 1.54) is 24.3 Å². The Morgan fingerprint density at radius 2 is 1.84 bits per heavy atom. The van der Waals surface area contributed by atoms with E-state index in [2.05, 4.69) is 0 Å². The number of halogens is 2. The van der Waals surface area contributed by atoms with E-state index in [4.69, 9.17) is 16.7 Å². The topological polar surface area (TPSA) is 60.2 Å². The van der Waals surface area contributed by atoms with Crippen molar-refractivity contribution in [3.8, 4) is 11.1 Å². The van der Waals surface area contributed by atoms with E-state index in [0.29, 0.717) is 11.1 Å². The van der Waals surface area contributed by atoms with Gasteiger partial charge in [0, 0.05) is 16.1 Å². The lowest BCUT2D eigenvalue weighted by Gasteiger charge is -2.09. The number of hydrogen-bond acceptors (Lipinski definition) is 2. The molecule has 0 unspecified atom stereocenters. The van der Waals surface area contributed by atoms with Gasteiger partial charge >= 0.3 is 0 Å². The van der Waals surface area contributed by atoms with Crippen LogP contribution < -0.4 is 5.14 Å². The molecule has 0 spiro atoms. The second-order valence-corrected chi connectivity index (χ2v) is 6.09. The zero-order valence-electron chi connectivity index (χ0n) is 10.0. The average Bonchev–Trinajstić information content (AvgIpc) is 2.32. The van der Waals surface area contributed by atoms with E-state index in [1.54, 1.807) is 19.1 Å². The van der Waals surface area contributed by atoms with Crippen LogP contribution in [0.2, 0.25) is 5.02 Å². The highest BCUT2D eigenvalue weighted by atomic mass is 35.5. The van der Waals surface area contributed by atoms with Crippen LogP contribution in [0.5, 0.6) is 0 Å². The van der Waals surface area contributed by atoms with Crippen molar-refractivity contribution in [1.82, 2.24) is 0 Å². The molecular formula is C13H11ClFNO2S. The van der Waals surface area contributed by atoms with Gasteiger partial charge < -0.3 is 0 Å². The fourth-order valence-corrected chi connectivity index (χ4v) is 2.50. The maximum atomic E-state index is 14.1. The number of nitrogens with two attached hydrogens (primary N) is 1. The van der Waals surface area contributed by atoms with E-state index >= 15 is 0 Å². The molecule has 2 aromatic rings. The predicted octanol–water partition coefficient (Wildman–Crippen LogP) is 3.10. The lowest BCUT2D eigenvalue weighted by Crippen LogP contribution is -2.12. The van der Waals surface area contributed by atoms with Crippen LogP contribution in [0.1, 0.15) is 5.56 Å². The summed E-state index contributed by atoms with van der Waals surface area (Å²) in [5.74, 6) is -0.434. The van der Waals surface area contributed by atoms with Crippen molar-refractivity contribution >= 4 is 21.6 Å². The van der Waals surface area contributed by atoms with Crippen LogP contribution in [0.4, 0.5) is 4.39 Å². The molecule has 0 heterocycles. The third kappa shape index (κ3) is 2.78. The average molecular weight is 300 g/mol. The first-order valence-electron chi connectivity index (χ1n) is 5.38. The van der Waals surface area contributed by atoms with Crippen molar-refractivity contribution in [2.75, 3.05) is 0 Å². The normalized spacial score (nSPS) is 11.6. The van der Waals surface area contributed by atoms with Crippen LogP contribution in [-0.2, 0) is 10.0 Å². The molecular weight excluding hydrogens is 289 g/mol. The molecule has 6 heteroatoms. The van der Waals surface area contributed by atoms with Gasteiger partial charge in [0.15, 0.2) is 0 Å². The van der Waals surface area contributed by atoms with E-state index in [9.17, 15) is 12.8 Å². The minimum atomic E-state index is -3.85. The Hall–Kier alpha value is -1.43. The largest absolute Gasteiger partial charge is 0.238 e. The lowest BCUT2D eigenvalue weighted by atomic mass is 10.0. The van der Waals surface area contributed by atoms with Crippen LogP contribution in [0.3, 0.4) is 0 Å². The lowest BCUT2D eigenvalue weighted by molar-refractivity contribution is 0.597. The molecule has 0 saturated heterocycles. The first kappa shape index (κ1) is 14.0. The quantitative estimate of drug-likeness (QED) is 0.926. The molecule has 0 aliphatic carbocycles. The Kier molecular flexibility index (Phi) is 3.62. The van der Waals surface area contributed by atoms with Gasteiger partial charge in [0.2, 0.25) is 10.0 Å². The third-order valence-electron chi connectivity index (χ3n) is 2.75. The number of primary sulfonamides is 1. The standard InChI is InChI=1S/C13H11ClFNO2S/c1-8-3-2-4-10(13(8)15)11-7-9(19(16,17)18)5-6-12(11)14/h2-7H,1H3,(H2,16,17,18). The summed E-state index contributed by atoms with van der Waals surface area (Å²) in [6.07, 6.45) is 0. The number of aryl methyl sites for hydroxylation is 1. The molecule has 3 nitrogen and oxygen atoms in total. The highest BCUT2D eigenvalue weighted by Crippen LogP contribution is 2.32. The molecule has 0 aromatic heterocycles. The van der Waals surface area contributed by atoms with Crippen molar-refractivity contribution < 1.29 is 12.8 Å². The zero-order chi connectivity index (χ0) is 14.2. The van der Waals surface area contributed by atoms with E-state index in [1.807, 2.05) is 0 Å². The van der Waals surface area contributed by atoms with Crippen LogP contribution >= 0.6 is 11.6 Å². The highest BCUT2D eigenvalue weighted by Gasteiger charge is 2.15. The molecule has 0 atom stereocenters. The maximum Gasteiger partial charge on any atom is 0.238 e. The second kappa shape index (κ2) is 4.92. The molecule has 2 N–H and O–H groups in total.